The molecule has 0 aliphatic rings. The van der Waals surface area contributed by atoms with Gasteiger partial charge >= 0.3 is 12.5 Å². The number of ether oxygens (including phenoxy) is 2. The van der Waals surface area contributed by atoms with Crippen LogP contribution in [0.1, 0.15) is 17.0 Å². The first-order valence-electron chi connectivity index (χ1n) is 10.7. The standard InChI is InChI=1S/C24H12ClF6N5O4/c25-14-5-12(9-32)6-17(7-14)39-19-20(23(26,27)28)33-11-36(22(19)38)10-15-8-18(21(37)35-34-15)13-1-3-16(4-2-13)40-24(29,30)31/h1-8,11H,10H2,(H,35,37). The smallest absolute Gasteiger partial charge is 0.449 e. The van der Waals surface area contributed by atoms with Crippen LogP contribution in [0.5, 0.6) is 17.2 Å². The van der Waals surface area contributed by atoms with Crippen LogP contribution in [0.15, 0.2) is 64.4 Å². The third-order valence-corrected chi connectivity index (χ3v) is 5.29. The number of benzene rings is 2. The van der Waals surface area contributed by atoms with Crippen molar-refractivity contribution in [1.29, 1.82) is 5.26 Å². The maximum atomic E-state index is 13.6. The van der Waals surface area contributed by atoms with Gasteiger partial charge in [-0.2, -0.15) is 23.5 Å². The summed E-state index contributed by atoms with van der Waals surface area (Å²) in [6, 6.07) is 10.7. The third kappa shape index (κ3) is 6.59. The molecule has 1 N–H and O–H groups in total. The van der Waals surface area contributed by atoms with Crippen LogP contribution in [0.3, 0.4) is 0 Å². The van der Waals surface area contributed by atoms with Crippen LogP contribution in [0.4, 0.5) is 26.3 Å². The van der Waals surface area contributed by atoms with E-state index in [0.717, 1.165) is 28.8 Å². The molecule has 4 aromatic rings. The molecule has 9 nitrogen and oxygen atoms in total. The van der Waals surface area contributed by atoms with Crippen LogP contribution in [0.25, 0.3) is 11.1 Å². The Morgan fingerprint density at radius 1 is 1.00 bits per heavy atom. The fraction of sp³-hybridized carbons (Fsp3) is 0.125. The van der Waals surface area contributed by atoms with Gasteiger partial charge in [0.1, 0.15) is 11.5 Å². The molecule has 2 aromatic carbocycles. The number of aromatic amines is 1. The van der Waals surface area contributed by atoms with E-state index in [-0.39, 0.29) is 33.2 Å². The van der Waals surface area contributed by atoms with Gasteiger partial charge in [0.2, 0.25) is 5.75 Å². The molecule has 0 aliphatic heterocycles. The molecule has 2 heterocycles. The summed E-state index contributed by atoms with van der Waals surface area (Å²) in [6.45, 7) is -0.488. The van der Waals surface area contributed by atoms with E-state index in [1.165, 1.54) is 24.3 Å². The molecule has 0 radical (unpaired) electrons. The summed E-state index contributed by atoms with van der Waals surface area (Å²) in [7, 11) is 0. The molecular weight excluding hydrogens is 572 g/mol. The number of hydrogen-bond acceptors (Lipinski definition) is 7. The number of halogens is 7. The van der Waals surface area contributed by atoms with Gasteiger partial charge in [-0.05, 0) is 42.0 Å². The number of rotatable bonds is 6. The van der Waals surface area contributed by atoms with Crippen LogP contribution >= 0.6 is 11.6 Å². The van der Waals surface area contributed by atoms with Crippen molar-refractivity contribution in [3.05, 3.63) is 97.5 Å². The second-order valence-corrected chi connectivity index (χ2v) is 8.35. The molecule has 16 heteroatoms. The van der Waals surface area contributed by atoms with Gasteiger partial charge in [-0.25, -0.2) is 10.1 Å². The number of nitriles is 1. The number of hydrogen-bond donors (Lipinski definition) is 1. The first kappa shape index (κ1) is 28.2. The Morgan fingerprint density at radius 2 is 1.70 bits per heavy atom. The first-order valence-corrected chi connectivity index (χ1v) is 11.1. The summed E-state index contributed by atoms with van der Waals surface area (Å²) >= 11 is 5.87. The summed E-state index contributed by atoms with van der Waals surface area (Å²) in [4.78, 5) is 28.7. The molecule has 0 fully saturated rings. The Hall–Kier alpha value is -4.84. The summed E-state index contributed by atoms with van der Waals surface area (Å²) in [5, 5.41) is 15.0. The Morgan fingerprint density at radius 3 is 2.33 bits per heavy atom. The molecule has 0 unspecified atom stereocenters. The fourth-order valence-electron chi connectivity index (χ4n) is 3.43. The maximum absolute atomic E-state index is 13.6. The van der Waals surface area contributed by atoms with Crippen molar-refractivity contribution in [1.82, 2.24) is 19.7 Å². The van der Waals surface area contributed by atoms with Gasteiger partial charge in [0.05, 0.1) is 35.8 Å². The zero-order valence-corrected chi connectivity index (χ0v) is 20.2. The van der Waals surface area contributed by atoms with E-state index < -0.39 is 47.4 Å². The molecule has 40 heavy (non-hydrogen) atoms. The summed E-state index contributed by atoms with van der Waals surface area (Å²) in [5.74, 6) is -2.06. The first-order chi connectivity index (χ1) is 18.7. The van der Waals surface area contributed by atoms with Crippen LogP contribution in [-0.4, -0.2) is 26.1 Å². The second kappa shape index (κ2) is 10.7. The average Bonchev–Trinajstić information content (AvgIpc) is 2.86. The highest BCUT2D eigenvalue weighted by Gasteiger charge is 2.39. The number of aromatic nitrogens is 4. The summed E-state index contributed by atoms with van der Waals surface area (Å²) in [6.07, 6.45) is -9.40. The van der Waals surface area contributed by atoms with Crippen molar-refractivity contribution in [2.24, 2.45) is 0 Å². The molecule has 0 spiro atoms. The van der Waals surface area contributed by atoms with Crippen LogP contribution < -0.4 is 20.6 Å². The summed E-state index contributed by atoms with van der Waals surface area (Å²) < 4.78 is 87.8. The van der Waals surface area contributed by atoms with Crippen molar-refractivity contribution in [3.63, 3.8) is 0 Å². The zero-order chi connectivity index (χ0) is 29.2. The van der Waals surface area contributed by atoms with Gasteiger partial charge in [0.25, 0.3) is 11.1 Å². The van der Waals surface area contributed by atoms with Crippen molar-refractivity contribution in [3.8, 4) is 34.4 Å². The molecule has 0 amide bonds. The van der Waals surface area contributed by atoms with Gasteiger partial charge in [-0.15, -0.1) is 13.2 Å². The Labute approximate surface area is 223 Å². The van der Waals surface area contributed by atoms with Crippen LogP contribution in [0.2, 0.25) is 5.02 Å². The number of nitrogens with one attached hydrogen (secondary N) is 1. The second-order valence-electron chi connectivity index (χ2n) is 7.92. The van der Waals surface area contributed by atoms with E-state index in [9.17, 15) is 35.9 Å². The molecule has 0 saturated carbocycles. The van der Waals surface area contributed by atoms with Gasteiger partial charge in [0.15, 0.2) is 5.69 Å². The largest absolute Gasteiger partial charge is 0.573 e. The van der Waals surface area contributed by atoms with Crippen molar-refractivity contribution in [2.45, 2.75) is 19.1 Å². The minimum atomic E-state index is -5.09. The van der Waals surface area contributed by atoms with Gasteiger partial charge < -0.3 is 9.47 Å². The average molecular weight is 584 g/mol. The van der Waals surface area contributed by atoms with Crippen LogP contribution in [-0.2, 0) is 12.7 Å². The number of nitrogens with zero attached hydrogens (tertiary/aromatic N) is 4. The molecule has 0 saturated heterocycles. The highest BCUT2D eigenvalue weighted by atomic mass is 35.5. The number of H-pyrrole nitrogens is 1. The monoisotopic (exact) mass is 583 g/mol. The zero-order valence-electron chi connectivity index (χ0n) is 19.5. The molecule has 0 atom stereocenters. The molecule has 0 bridgehead atoms. The molecular formula is C24H12ClF6N5O4. The Bertz CT molecular complexity index is 1730. The van der Waals surface area contributed by atoms with Crippen molar-refractivity contribution < 1.29 is 35.8 Å². The molecule has 2 aromatic heterocycles. The predicted octanol–water partition coefficient (Wildman–Crippen LogP) is 5.28. The predicted molar refractivity (Wildman–Crippen MR) is 126 cm³/mol. The van der Waals surface area contributed by atoms with Crippen LogP contribution in [0, 0.1) is 11.3 Å². The SMILES string of the molecule is N#Cc1cc(Cl)cc(Oc2c(C(F)(F)F)ncn(Cc3cc(-c4ccc(OC(F)(F)F)cc4)c(=O)[nH]n3)c2=O)c1. The lowest BCUT2D eigenvalue weighted by molar-refractivity contribution is -0.274. The van der Waals surface area contributed by atoms with E-state index in [0.29, 0.717) is 6.33 Å². The Kier molecular flexibility index (Phi) is 7.56. The van der Waals surface area contributed by atoms with Crippen molar-refractivity contribution >= 4 is 11.6 Å². The fourth-order valence-corrected chi connectivity index (χ4v) is 3.66. The van der Waals surface area contributed by atoms with E-state index in [4.69, 9.17) is 21.6 Å². The lowest BCUT2D eigenvalue weighted by Gasteiger charge is -2.15. The minimum absolute atomic E-state index is 0.0191. The quantitative estimate of drug-likeness (QED) is 0.307. The summed E-state index contributed by atoms with van der Waals surface area (Å²) in [5.41, 5.74) is -3.60. The molecule has 0 aliphatic carbocycles. The Balaban J connectivity index is 1.70. The van der Waals surface area contributed by atoms with Gasteiger partial charge in [-0.1, -0.05) is 23.7 Å². The van der Waals surface area contributed by atoms with E-state index in [2.05, 4.69) is 19.9 Å². The van der Waals surface area contributed by atoms with E-state index in [1.807, 2.05) is 0 Å². The van der Waals surface area contributed by atoms with Gasteiger partial charge in [-0.3, -0.25) is 14.2 Å². The topological polar surface area (TPSA) is 123 Å². The maximum Gasteiger partial charge on any atom is 0.573 e. The molecule has 4 rings (SSSR count). The lowest BCUT2D eigenvalue weighted by Crippen LogP contribution is -2.27. The van der Waals surface area contributed by atoms with Crippen molar-refractivity contribution in [2.75, 3.05) is 0 Å². The highest BCUT2D eigenvalue weighted by Crippen LogP contribution is 2.35. The molecule has 206 valence electrons. The van der Waals surface area contributed by atoms with E-state index >= 15 is 0 Å². The van der Waals surface area contributed by atoms with Gasteiger partial charge in [0, 0.05) is 5.02 Å². The minimum Gasteiger partial charge on any atom is -0.449 e. The normalized spacial score (nSPS) is 11.7. The highest BCUT2D eigenvalue weighted by molar-refractivity contribution is 6.30. The lowest BCUT2D eigenvalue weighted by atomic mass is 10.1. The third-order valence-electron chi connectivity index (χ3n) is 5.07. The number of alkyl halides is 6. The van der Waals surface area contributed by atoms with E-state index in [1.54, 1.807) is 6.07 Å².